The number of carbonyl (C=O) groups is 1. The normalized spacial score (nSPS) is 15.0. The highest BCUT2D eigenvalue weighted by atomic mass is 35.5. The van der Waals surface area contributed by atoms with Crippen molar-refractivity contribution in [3.63, 3.8) is 0 Å². The molecule has 1 saturated heterocycles. The summed E-state index contributed by atoms with van der Waals surface area (Å²) < 4.78 is 52.2. The van der Waals surface area contributed by atoms with E-state index in [2.05, 4.69) is 0 Å². The summed E-state index contributed by atoms with van der Waals surface area (Å²) in [7, 11) is 0. The van der Waals surface area contributed by atoms with Gasteiger partial charge in [0.1, 0.15) is 5.82 Å². The van der Waals surface area contributed by atoms with Crippen molar-refractivity contribution in [2.75, 3.05) is 36.8 Å². The van der Waals surface area contributed by atoms with E-state index in [0.29, 0.717) is 53.4 Å². The fraction of sp³-hybridized carbons (Fsp3) is 0.318. The van der Waals surface area contributed by atoms with Crippen LogP contribution in [0.4, 0.5) is 23.2 Å². The Balaban J connectivity index is 1.62. The average Bonchev–Trinajstić information content (AvgIpc) is 2.72. The van der Waals surface area contributed by atoms with Crippen LogP contribution in [-0.2, 0) is 4.79 Å². The molecule has 0 bridgehead atoms. The van der Waals surface area contributed by atoms with Gasteiger partial charge in [-0.1, -0.05) is 23.7 Å². The van der Waals surface area contributed by atoms with Crippen molar-refractivity contribution in [1.82, 2.24) is 4.90 Å². The van der Waals surface area contributed by atoms with Crippen LogP contribution in [0.5, 0.6) is 0 Å². The number of thioether (sulfide) groups is 1. The van der Waals surface area contributed by atoms with E-state index in [1.54, 1.807) is 47.1 Å². The SMILES string of the molecule is Cc1cc(F)c(N2CCN(C(=O)C=Cc3ccc(Cl)cc3)CC2)cc1SCC(F)(F)F. The first kappa shape index (κ1) is 23.5. The van der Waals surface area contributed by atoms with E-state index in [1.807, 2.05) is 0 Å². The van der Waals surface area contributed by atoms with Gasteiger partial charge in [-0.05, 0) is 48.4 Å². The molecule has 2 aromatic carbocycles. The summed E-state index contributed by atoms with van der Waals surface area (Å²) in [5.41, 5.74) is 1.58. The van der Waals surface area contributed by atoms with Crippen LogP contribution in [0.1, 0.15) is 11.1 Å². The summed E-state index contributed by atoms with van der Waals surface area (Å²) in [5, 5.41) is 0.614. The molecule has 1 aliphatic heterocycles. The summed E-state index contributed by atoms with van der Waals surface area (Å²) in [5.74, 6) is -1.65. The number of halogens is 5. The molecular formula is C22H21ClF4N2OS. The summed E-state index contributed by atoms with van der Waals surface area (Å²) >= 11 is 6.50. The van der Waals surface area contributed by atoms with Crippen molar-refractivity contribution in [2.45, 2.75) is 18.0 Å². The van der Waals surface area contributed by atoms with Gasteiger partial charge >= 0.3 is 6.18 Å². The second-order valence-electron chi connectivity index (χ2n) is 7.17. The molecule has 0 aromatic heterocycles. The van der Waals surface area contributed by atoms with Crippen LogP contribution in [0, 0.1) is 12.7 Å². The maximum absolute atomic E-state index is 14.5. The second kappa shape index (κ2) is 9.96. The molecule has 1 amide bonds. The van der Waals surface area contributed by atoms with Crippen LogP contribution in [0.2, 0.25) is 5.02 Å². The largest absolute Gasteiger partial charge is 0.398 e. The predicted octanol–water partition coefficient (Wildman–Crippen LogP) is 5.80. The van der Waals surface area contributed by atoms with Gasteiger partial charge in [0.05, 0.1) is 11.4 Å². The minimum atomic E-state index is -4.29. The molecule has 0 radical (unpaired) electrons. The monoisotopic (exact) mass is 472 g/mol. The Kier molecular flexibility index (Phi) is 7.54. The second-order valence-corrected chi connectivity index (χ2v) is 8.62. The molecule has 9 heteroatoms. The molecule has 1 heterocycles. The Morgan fingerprint density at radius 2 is 1.77 bits per heavy atom. The highest BCUT2D eigenvalue weighted by Gasteiger charge is 2.28. The maximum Gasteiger partial charge on any atom is 0.398 e. The van der Waals surface area contributed by atoms with Gasteiger partial charge in [-0.3, -0.25) is 4.79 Å². The molecule has 0 saturated carbocycles. The van der Waals surface area contributed by atoms with E-state index in [-0.39, 0.29) is 11.6 Å². The number of carbonyl (C=O) groups excluding carboxylic acids is 1. The molecule has 1 aliphatic rings. The lowest BCUT2D eigenvalue weighted by atomic mass is 10.1. The summed E-state index contributed by atoms with van der Waals surface area (Å²) in [6.45, 7) is 3.16. The van der Waals surface area contributed by atoms with Gasteiger partial charge in [0.25, 0.3) is 0 Å². The molecule has 31 heavy (non-hydrogen) atoms. The molecule has 2 aromatic rings. The first-order chi connectivity index (χ1) is 14.6. The molecule has 0 N–H and O–H groups in total. The number of alkyl halides is 3. The smallest absolute Gasteiger partial charge is 0.366 e. The number of anilines is 1. The molecule has 0 unspecified atom stereocenters. The number of hydrogen-bond acceptors (Lipinski definition) is 3. The Morgan fingerprint density at radius 1 is 1.13 bits per heavy atom. The fourth-order valence-electron chi connectivity index (χ4n) is 3.21. The maximum atomic E-state index is 14.5. The number of rotatable bonds is 5. The van der Waals surface area contributed by atoms with Gasteiger partial charge in [-0.15, -0.1) is 11.8 Å². The Bertz CT molecular complexity index is 955. The van der Waals surface area contributed by atoms with Crippen molar-refractivity contribution < 1.29 is 22.4 Å². The molecule has 0 atom stereocenters. The number of hydrogen-bond donors (Lipinski definition) is 0. The number of piperazine rings is 1. The fourth-order valence-corrected chi connectivity index (χ4v) is 4.14. The molecule has 3 nitrogen and oxygen atoms in total. The highest BCUT2D eigenvalue weighted by molar-refractivity contribution is 7.99. The van der Waals surface area contributed by atoms with E-state index < -0.39 is 17.7 Å². The Morgan fingerprint density at radius 3 is 2.39 bits per heavy atom. The minimum absolute atomic E-state index is 0.152. The van der Waals surface area contributed by atoms with Crippen LogP contribution in [0.15, 0.2) is 47.4 Å². The van der Waals surface area contributed by atoms with Gasteiger partial charge in [0.2, 0.25) is 5.91 Å². The molecule has 1 fully saturated rings. The minimum Gasteiger partial charge on any atom is -0.366 e. The Labute approximate surface area is 187 Å². The van der Waals surface area contributed by atoms with Crippen molar-refractivity contribution in [3.05, 3.63) is 64.4 Å². The van der Waals surface area contributed by atoms with Crippen LogP contribution in [0.25, 0.3) is 6.08 Å². The van der Waals surface area contributed by atoms with Crippen molar-refractivity contribution in [1.29, 1.82) is 0 Å². The average molecular weight is 473 g/mol. The van der Waals surface area contributed by atoms with E-state index in [9.17, 15) is 22.4 Å². The van der Waals surface area contributed by atoms with Crippen molar-refractivity contribution in [2.24, 2.45) is 0 Å². The van der Waals surface area contributed by atoms with E-state index in [4.69, 9.17) is 11.6 Å². The lowest BCUT2D eigenvalue weighted by Crippen LogP contribution is -2.48. The Hall–Kier alpha value is -2.19. The van der Waals surface area contributed by atoms with E-state index in [1.165, 1.54) is 18.2 Å². The molecular weight excluding hydrogens is 452 g/mol. The van der Waals surface area contributed by atoms with Crippen LogP contribution >= 0.6 is 23.4 Å². The zero-order chi connectivity index (χ0) is 22.6. The molecule has 166 valence electrons. The highest BCUT2D eigenvalue weighted by Crippen LogP contribution is 2.34. The third kappa shape index (κ3) is 6.64. The lowest BCUT2D eigenvalue weighted by Gasteiger charge is -2.36. The van der Waals surface area contributed by atoms with Gasteiger partial charge in [-0.2, -0.15) is 13.2 Å². The number of benzene rings is 2. The third-order valence-electron chi connectivity index (χ3n) is 4.86. The summed E-state index contributed by atoms with van der Waals surface area (Å²) in [4.78, 5) is 16.3. The van der Waals surface area contributed by atoms with Crippen LogP contribution in [-0.4, -0.2) is 48.9 Å². The molecule has 0 aliphatic carbocycles. The zero-order valence-corrected chi connectivity index (χ0v) is 18.3. The summed E-state index contributed by atoms with van der Waals surface area (Å²) in [6.07, 6.45) is -1.11. The molecule has 3 rings (SSSR count). The van der Waals surface area contributed by atoms with Crippen molar-refractivity contribution >= 4 is 41.0 Å². The predicted molar refractivity (Wildman–Crippen MR) is 117 cm³/mol. The standard InChI is InChI=1S/C22H21ClF4N2OS/c1-15-12-18(24)19(13-20(15)31-14-22(25,26)27)28-8-10-29(11-9-28)21(30)7-4-16-2-5-17(23)6-3-16/h2-7,12-13H,8-11,14H2,1H3. The zero-order valence-electron chi connectivity index (χ0n) is 16.8. The number of amides is 1. The lowest BCUT2D eigenvalue weighted by molar-refractivity contribution is -0.126. The summed E-state index contributed by atoms with van der Waals surface area (Å²) in [6, 6.07) is 9.82. The first-order valence-corrected chi connectivity index (χ1v) is 11.0. The number of nitrogens with zero attached hydrogens (tertiary/aromatic N) is 2. The van der Waals surface area contributed by atoms with Gasteiger partial charge < -0.3 is 9.80 Å². The topological polar surface area (TPSA) is 23.6 Å². The van der Waals surface area contributed by atoms with E-state index >= 15 is 0 Å². The third-order valence-corrected chi connectivity index (χ3v) is 6.33. The van der Waals surface area contributed by atoms with Crippen molar-refractivity contribution in [3.8, 4) is 0 Å². The van der Waals surface area contributed by atoms with Gasteiger partial charge in [0.15, 0.2) is 0 Å². The quantitative estimate of drug-likeness (QED) is 0.312. The van der Waals surface area contributed by atoms with E-state index in [0.717, 1.165) is 5.56 Å². The molecule has 0 spiro atoms. The number of aryl methyl sites for hydroxylation is 1. The van der Waals surface area contributed by atoms with Crippen LogP contribution in [0.3, 0.4) is 0 Å². The van der Waals surface area contributed by atoms with Gasteiger partial charge in [0, 0.05) is 42.2 Å². The first-order valence-electron chi connectivity index (χ1n) is 9.59. The van der Waals surface area contributed by atoms with Gasteiger partial charge in [-0.25, -0.2) is 4.39 Å². The van der Waals surface area contributed by atoms with Crippen LogP contribution < -0.4 is 4.90 Å².